The number of benzene rings is 3. The molecule has 11 heteroatoms. The van der Waals surface area contributed by atoms with E-state index in [0.29, 0.717) is 36.7 Å². The van der Waals surface area contributed by atoms with Gasteiger partial charge in [-0.2, -0.15) is 0 Å². The largest absolute Gasteiger partial charge is 0.497 e. The smallest absolute Gasteiger partial charge is 0.309 e. The molecule has 0 saturated heterocycles. The molecule has 2 heterocycles. The molecule has 250 valence electrons. The van der Waals surface area contributed by atoms with Gasteiger partial charge in [0.15, 0.2) is 0 Å². The van der Waals surface area contributed by atoms with Crippen LogP contribution < -0.4 is 25.2 Å². The number of rotatable bonds is 11. The van der Waals surface area contributed by atoms with E-state index in [4.69, 9.17) is 13.9 Å². The number of hydrogen-bond acceptors (Lipinski definition) is 7. The van der Waals surface area contributed by atoms with Crippen molar-refractivity contribution in [3.8, 4) is 11.5 Å². The fraction of sp³-hybridized carbons (Fsp3) is 0.324. The highest BCUT2D eigenvalue weighted by Crippen LogP contribution is 2.45. The Morgan fingerprint density at radius 1 is 0.979 bits per heavy atom. The summed E-state index contributed by atoms with van der Waals surface area (Å²) in [6.07, 6.45) is 3.99. The lowest BCUT2D eigenvalue weighted by Gasteiger charge is -2.45. The Bertz CT molecular complexity index is 1860. The number of halogens is 1. The first kappa shape index (κ1) is 33.7. The van der Waals surface area contributed by atoms with Crippen LogP contribution in [0.2, 0.25) is 5.04 Å². The van der Waals surface area contributed by atoms with Crippen molar-refractivity contribution in [2.45, 2.75) is 57.3 Å². The Hall–Kier alpha value is -4.19. The van der Waals surface area contributed by atoms with Crippen LogP contribution in [0.4, 0.5) is 5.82 Å². The van der Waals surface area contributed by atoms with Crippen molar-refractivity contribution in [2.24, 2.45) is 5.92 Å². The number of hydrogen-bond donors (Lipinski definition) is 2. The fourth-order valence-corrected chi connectivity index (χ4v) is 12.5. The Morgan fingerprint density at radius 2 is 1.65 bits per heavy atom. The third-order valence-electron chi connectivity index (χ3n) is 9.44. The molecular weight excluding hydrogens is 688 g/mol. The number of carboxylic acid groups (broad SMARTS) is 1. The summed E-state index contributed by atoms with van der Waals surface area (Å²) in [7, 11) is 0.275. The number of nitrogens with one attached hydrogen (secondary N) is 1. The van der Waals surface area contributed by atoms with Crippen LogP contribution in [-0.4, -0.2) is 54.3 Å². The van der Waals surface area contributed by atoms with Crippen LogP contribution in [-0.2, 0) is 15.8 Å². The van der Waals surface area contributed by atoms with Gasteiger partial charge in [0.2, 0.25) is 0 Å². The molecule has 3 aromatic carbocycles. The molecule has 9 nitrogen and oxygen atoms in total. The Labute approximate surface area is 290 Å². The van der Waals surface area contributed by atoms with E-state index in [0.717, 1.165) is 31.4 Å². The van der Waals surface area contributed by atoms with Gasteiger partial charge in [0.05, 0.1) is 31.6 Å². The number of carbonyl (C=O) groups is 1. The summed E-state index contributed by atoms with van der Waals surface area (Å²) in [5.41, 5.74) is 1.67. The minimum atomic E-state index is -2.98. The molecule has 48 heavy (non-hydrogen) atoms. The van der Waals surface area contributed by atoms with E-state index in [1.54, 1.807) is 20.5 Å². The monoisotopic (exact) mass is 728 g/mol. The predicted octanol–water partition coefficient (Wildman–Crippen LogP) is 6.80. The minimum Gasteiger partial charge on any atom is -0.497 e. The lowest BCUT2D eigenvalue weighted by molar-refractivity contribution is -0.144. The second-order valence-electron chi connectivity index (χ2n) is 13.2. The molecule has 1 fully saturated rings. The summed E-state index contributed by atoms with van der Waals surface area (Å²) in [6, 6.07) is 26.3. The van der Waals surface area contributed by atoms with Crippen molar-refractivity contribution in [3.05, 3.63) is 101 Å². The maximum absolute atomic E-state index is 12.9. The molecule has 0 bridgehead atoms. The van der Waals surface area contributed by atoms with Crippen LogP contribution >= 0.6 is 15.9 Å². The van der Waals surface area contributed by atoms with Crippen LogP contribution in [0.3, 0.4) is 0 Å². The first-order valence-corrected chi connectivity index (χ1v) is 18.7. The first-order chi connectivity index (χ1) is 23.1. The van der Waals surface area contributed by atoms with E-state index < -0.39 is 26.3 Å². The molecule has 2 N–H and O–H groups in total. The maximum atomic E-state index is 12.9. The van der Waals surface area contributed by atoms with Crippen molar-refractivity contribution in [1.82, 2.24) is 14.5 Å². The van der Waals surface area contributed by atoms with Gasteiger partial charge in [-0.1, -0.05) is 81.4 Å². The van der Waals surface area contributed by atoms with Gasteiger partial charge in [-0.3, -0.25) is 4.79 Å². The van der Waals surface area contributed by atoms with Crippen LogP contribution in [0.1, 0.15) is 45.2 Å². The highest BCUT2D eigenvalue weighted by molar-refractivity contribution is 9.10. The second kappa shape index (κ2) is 13.7. The van der Waals surface area contributed by atoms with Crippen molar-refractivity contribution >= 4 is 57.4 Å². The van der Waals surface area contributed by atoms with Gasteiger partial charge in [-0.15, -0.1) is 0 Å². The van der Waals surface area contributed by atoms with Crippen LogP contribution in [0.5, 0.6) is 11.5 Å². The molecule has 3 atom stereocenters. The van der Waals surface area contributed by atoms with Crippen molar-refractivity contribution < 1.29 is 23.8 Å². The summed E-state index contributed by atoms with van der Waals surface area (Å²) in [6.45, 7) is 7.11. The fourth-order valence-electron chi connectivity index (χ4n) is 7.14. The van der Waals surface area contributed by atoms with Gasteiger partial charge in [0, 0.05) is 34.9 Å². The van der Waals surface area contributed by atoms with Gasteiger partial charge in [-0.05, 0) is 56.3 Å². The molecule has 5 aromatic rings. The van der Waals surface area contributed by atoms with E-state index in [2.05, 4.69) is 80.8 Å². The summed E-state index contributed by atoms with van der Waals surface area (Å²) in [5, 5.41) is 16.8. The lowest BCUT2D eigenvalue weighted by atomic mass is 10.1. The van der Waals surface area contributed by atoms with Crippen LogP contribution in [0.25, 0.3) is 11.0 Å². The molecule has 0 unspecified atom stereocenters. The number of fused-ring (bicyclic) bond motifs is 1. The van der Waals surface area contributed by atoms with E-state index in [1.807, 2.05) is 60.8 Å². The van der Waals surface area contributed by atoms with Crippen molar-refractivity contribution in [1.29, 1.82) is 0 Å². The maximum Gasteiger partial charge on any atom is 0.309 e. The summed E-state index contributed by atoms with van der Waals surface area (Å²) < 4.78 is 21.2. The molecule has 0 amide bonds. The van der Waals surface area contributed by atoms with E-state index in [-0.39, 0.29) is 11.1 Å². The summed E-state index contributed by atoms with van der Waals surface area (Å²) in [4.78, 5) is 22.1. The van der Waals surface area contributed by atoms with Gasteiger partial charge >= 0.3 is 5.97 Å². The van der Waals surface area contributed by atoms with Crippen LogP contribution in [0, 0.1) is 5.92 Å². The average molecular weight is 730 g/mol. The number of aromatic nitrogens is 3. The molecular formula is C37H41BrN4O5Si. The number of nitrogens with zero attached hydrogens (tertiary/aromatic N) is 3. The molecule has 6 rings (SSSR count). The number of anilines is 1. The third kappa shape index (κ3) is 6.22. The van der Waals surface area contributed by atoms with Gasteiger partial charge < -0.3 is 28.9 Å². The quantitative estimate of drug-likeness (QED) is 0.143. The molecule has 1 aliphatic rings. The Kier molecular flexibility index (Phi) is 9.64. The van der Waals surface area contributed by atoms with Crippen molar-refractivity contribution in [2.75, 3.05) is 19.5 Å². The zero-order valence-electron chi connectivity index (χ0n) is 27.8. The molecule has 2 aromatic heterocycles. The number of aliphatic carboxylic acids is 1. The predicted molar refractivity (Wildman–Crippen MR) is 194 cm³/mol. The van der Waals surface area contributed by atoms with Crippen LogP contribution in [0.15, 0.2) is 95.9 Å². The van der Waals surface area contributed by atoms with E-state index in [1.165, 1.54) is 0 Å². The average Bonchev–Trinajstić information content (AvgIpc) is 3.67. The van der Waals surface area contributed by atoms with Gasteiger partial charge in [-0.25, -0.2) is 9.97 Å². The van der Waals surface area contributed by atoms with Gasteiger partial charge in [0.1, 0.15) is 29.3 Å². The highest BCUT2D eigenvalue weighted by atomic mass is 79.9. The summed E-state index contributed by atoms with van der Waals surface area (Å²) in [5.74, 6) is 0.558. The molecule has 1 saturated carbocycles. The minimum absolute atomic E-state index is 0.146. The number of ether oxygens (including phenoxy) is 2. The Balaban J connectivity index is 1.34. The third-order valence-corrected chi connectivity index (χ3v) is 15.1. The summed E-state index contributed by atoms with van der Waals surface area (Å²) >= 11 is 3.76. The number of methoxy groups -OCH3 is 2. The van der Waals surface area contributed by atoms with E-state index in [9.17, 15) is 9.90 Å². The second-order valence-corrected chi connectivity index (χ2v) is 18.3. The molecule has 0 radical (unpaired) electrons. The first-order valence-electron chi connectivity index (χ1n) is 16.0. The van der Waals surface area contributed by atoms with Crippen molar-refractivity contribution in [3.63, 3.8) is 0 Å². The van der Waals surface area contributed by atoms with E-state index >= 15 is 0 Å². The molecule has 0 aliphatic heterocycles. The zero-order chi connectivity index (χ0) is 34.1. The lowest BCUT2D eigenvalue weighted by Crippen LogP contribution is -2.68. The molecule has 1 aliphatic carbocycles. The topological polar surface area (TPSA) is 108 Å². The molecule has 0 spiro atoms. The standard InChI is InChI=1S/C37H41BrN4O5Si/c1-37(2,3)48(27-12-8-6-9-13-27,28-14-10-7-11-15-28)47-32-19-25(18-29(32)36(43)44)42-22-30(38)33-34(40-23-41-35(33)42)39-21-24-16-17-26(45-4)20-31(24)46-5/h6-17,20,22-23,25,29,32H,18-19,21H2,1-5H3,(H,43,44)(H,39,40,41)/t25-,29+,32+/m1/s1. The highest BCUT2D eigenvalue weighted by Gasteiger charge is 2.54. The Morgan fingerprint density at radius 3 is 2.23 bits per heavy atom. The van der Waals surface area contributed by atoms with Gasteiger partial charge in [0.25, 0.3) is 8.32 Å². The number of carboxylic acids is 1. The zero-order valence-corrected chi connectivity index (χ0v) is 30.4. The normalized spacial score (nSPS) is 18.2. The SMILES string of the molecule is COc1ccc(CNc2ncnc3c2c(Br)cn3[C@H]2C[C@H](O[Si](c3ccccc3)(c3ccccc3)C(C)(C)C)[C@@H](C(=O)O)C2)c(OC)c1.